The van der Waals surface area contributed by atoms with E-state index in [0.29, 0.717) is 23.9 Å². The lowest BCUT2D eigenvalue weighted by atomic mass is 10.4. The van der Waals surface area contributed by atoms with Gasteiger partial charge in [-0.2, -0.15) is 0 Å². The second-order valence-corrected chi connectivity index (χ2v) is 4.28. The Morgan fingerprint density at radius 3 is 2.82 bits per heavy atom. The highest BCUT2D eigenvalue weighted by atomic mass is 32.2. The van der Waals surface area contributed by atoms with Gasteiger partial charge in [0.1, 0.15) is 0 Å². The van der Waals surface area contributed by atoms with Gasteiger partial charge in [0, 0.05) is 17.9 Å². The lowest BCUT2D eigenvalue weighted by Gasteiger charge is -2.01. The Hall–Kier alpha value is -1.53. The van der Waals surface area contributed by atoms with E-state index in [1.54, 1.807) is 0 Å². The molecule has 0 bridgehead atoms. The Labute approximate surface area is 103 Å². The number of nitrogens with zero attached hydrogens (tertiary/aromatic N) is 2. The van der Waals surface area contributed by atoms with Crippen LogP contribution in [0, 0.1) is 0 Å². The van der Waals surface area contributed by atoms with Crippen LogP contribution in [0.4, 0.5) is 0 Å². The van der Waals surface area contributed by atoms with Gasteiger partial charge in [-0.25, -0.2) is 4.63 Å². The maximum atomic E-state index is 8.65. The first-order chi connectivity index (χ1) is 8.40. The van der Waals surface area contributed by atoms with E-state index in [0.717, 1.165) is 4.90 Å². The molecule has 0 saturated carbocycles. The summed E-state index contributed by atoms with van der Waals surface area (Å²) in [5, 5.41) is 16.7. The number of benzene rings is 1. The summed E-state index contributed by atoms with van der Waals surface area (Å²) in [6.45, 7) is 0.486. The molecule has 17 heavy (non-hydrogen) atoms. The van der Waals surface area contributed by atoms with E-state index in [-0.39, 0.29) is 6.61 Å². The van der Waals surface area contributed by atoms with Crippen molar-refractivity contribution in [2.45, 2.75) is 16.3 Å². The molecule has 6 heteroatoms. The Kier molecular flexibility index (Phi) is 4.40. The summed E-state index contributed by atoms with van der Waals surface area (Å²) < 4.78 is 9.98. The van der Waals surface area contributed by atoms with Crippen molar-refractivity contribution in [3.63, 3.8) is 0 Å². The molecule has 0 aliphatic carbocycles. The highest BCUT2D eigenvalue weighted by Gasteiger charge is 2.12. The summed E-state index contributed by atoms with van der Waals surface area (Å²) in [7, 11) is 0. The molecular weight excluding hydrogens is 240 g/mol. The van der Waals surface area contributed by atoms with Crippen molar-refractivity contribution < 1.29 is 14.5 Å². The monoisotopic (exact) mass is 252 g/mol. The molecule has 0 unspecified atom stereocenters. The topological polar surface area (TPSA) is 68.4 Å². The highest BCUT2D eigenvalue weighted by molar-refractivity contribution is 7.99. The molecule has 0 atom stereocenters. The summed E-state index contributed by atoms with van der Waals surface area (Å²) >= 11 is 1.42. The lowest BCUT2D eigenvalue weighted by molar-refractivity contribution is 0.216. The van der Waals surface area contributed by atoms with Crippen LogP contribution in [0.15, 0.2) is 44.9 Å². The second kappa shape index (κ2) is 6.27. The number of ether oxygens (including phenoxy) is 1. The Balaban J connectivity index is 1.99. The number of aliphatic hydroxyl groups excluding tert-OH is 1. The molecule has 0 aliphatic heterocycles. The van der Waals surface area contributed by atoms with E-state index >= 15 is 0 Å². The SMILES string of the molecule is OCCCOc1nonc1Sc1ccccc1. The van der Waals surface area contributed by atoms with E-state index in [4.69, 9.17) is 9.84 Å². The molecule has 0 aliphatic rings. The zero-order valence-corrected chi connectivity index (χ0v) is 9.89. The first-order valence-corrected chi connectivity index (χ1v) is 6.01. The second-order valence-electron chi connectivity index (χ2n) is 3.22. The normalized spacial score (nSPS) is 10.4. The fourth-order valence-electron chi connectivity index (χ4n) is 1.16. The molecule has 0 saturated heterocycles. The minimum absolute atomic E-state index is 0.0897. The Morgan fingerprint density at radius 1 is 1.24 bits per heavy atom. The maximum absolute atomic E-state index is 8.65. The quantitative estimate of drug-likeness (QED) is 0.793. The van der Waals surface area contributed by atoms with Gasteiger partial charge in [0.05, 0.1) is 6.61 Å². The van der Waals surface area contributed by atoms with Crippen LogP contribution in [0.2, 0.25) is 0 Å². The molecule has 1 heterocycles. The first kappa shape index (κ1) is 11.9. The third-order valence-electron chi connectivity index (χ3n) is 1.93. The van der Waals surface area contributed by atoms with Crippen molar-refractivity contribution in [2.24, 2.45) is 0 Å². The number of hydrogen-bond acceptors (Lipinski definition) is 6. The third kappa shape index (κ3) is 3.47. The van der Waals surface area contributed by atoms with Gasteiger partial charge in [-0.3, -0.25) is 0 Å². The van der Waals surface area contributed by atoms with Crippen molar-refractivity contribution in [1.82, 2.24) is 10.3 Å². The summed E-state index contributed by atoms with van der Waals surface area (Å²) in [6.07, 6.45) is 0.558. The van der Waals surface area contributed by atoms with Gasteiger partial charge < -0.3 is 9.84 Å². The van der Waals surface area contributed by atoms with Crippen LogP contribution in [-0.4, -0.2) is 28.6 Å². The summed E-state index contributed by atoms with van der Waals surface area (Å²) in [6, 6.07) is 9.78. The smallest absolute Gasteiger partial charge is 0.290 e. The van der Waals surface area contributed by atoms with Gasteiger partial charge in [0.2, 0.25) is 5.03 Å². The molecule has 0 radical (unpaired) electrons. The predicted octanol–water partition coefficient (Wildman–Crippen LogP) is 1.98. The highest BCUT2D eigenvalue weighted by Crippen LogP contribution is 2.31. The summed E-state index contributed by atoms with van der Waals surface area (Å²) in [5.41, 5.74) is 0. The van der Waals surface area contributed by atoms with Crippen LogP contribution in [0.3, 0.4) is 0 Å². The molecule has 0 amide bonds. The maximum Gasteiger partial charge on any atom is 0.290 e. The zero-order chi connectivity index (χ0) is 11.9. The average molecular weight is 252 g/mol. The number of rotatable bonds is 6. The fraction of sp³-hybridized carbons (Fsp3) is 0.273. The number of aliphatic hydroxyl groups is 1. The molecule has 5 nitrogen and oxygen atoms in total. The minimum Gasteiger partial charge on any atom is -0.473 e. The van der Waals surface area contributed by atoms with Crippen LogP contribution in [0.1, 0.15) is 6.42 Å². The van der Waals surface area contributed by atoms with Gasteiger partial charge in [0.15, 0.2) is 0 Å². The molecule has 2 aromatic rings. The van der Waals surface area contributed by atoms with Crippen LogP contribution >= 0.6 is 11.8 Å². The predicted molar refractivity (Wildman–Crippen MR) is 62.1 cm³/mol. The molecule has 0 spiro atoms. The van der Waals surface area contributed by atoms with E-state index in [2.05, 4.69) is 14.9 Å². The summed E-state index contributed by atoms with van der Waals surface area (Å²) in [5.74, 6) is 0.368. The van der Waals surface area contributed by atoms with E-state index in [1.165, 1.54) is 11.8 Å². The molecule has 1 aromatic heterocycles. The molecule has 0 fully saturated rings. The molecule has 90 valence electrons. The van der Waals surface area contributed by atoms with Crippen molar-refractivity contribution in [1.29, 1.82) is 0 Å². The molecular formula is C11H12N2O3S. The van der Waals surface area contributed by atoms with Crippen LogP contribution in [-0.2, 0) is 0 Å². The number of aromatic nitrogens is 2. The zero-order valence-electron chi connectivity index (χ0n) is 9.07. The molecule has 1 aromatic carbocycles. The van der Waals surface area contributed by atoms with E-state index in [1.807, 2.05) is 30.3 Å². The van der Waals surface area contributed by atoms with Crippen LogP contribution < -0.4 is 4.74 Å². The van der Waals surface area contributed by atoms with E-state index in [9.17, 15) is 0 Å². The third-order valence-corrected chi connectivity index (χ3v) is 2.88. The Bertz CT molecular complexity index is 447. The van der Waals surface area contributed by atoms with Gasteiger partial charge in [0.25, 0.3) is 5.88 Å². The fourth-order valence-corrected chi connectivity index (χ4v) is 1.93. The largest absolute Gasteiger partial charge is 0.473 e. The standard InChI is InChI=1S/C11H12N2O3S/c14-7-4-8-15-10-11(13-16-12-10)17-9-5-2-1-3-6-9/h1-3,5-6,14H,4,7-8H2. The van der Waals surface area contributed by atoms with Crippen molar-refractivity contribution in [3.05, 3.63) is 30.3 Å². The van der Waals surface area contributed by atoms with Gasteiger partial charge in [-0.15, -0.1) is 0 Å². The van der Waals surface area contributed by atoms with Crippen molar-refractivity contribution >= 4 is 11.8 Å². The van der Waals surface area contributed by atoms with Gasteiger partial charge in [-0.05, 0) is 22.4 Å². The minimum atomic E-state index is 0.0897. The Morgan fingerprint density at radius 2 is 2.06 bits per heavy atom. The van der Waals surface area contributed by atoms with Crippen molar-refractivity contribution in [2.75, 3.05) is 13.2 Å². The lowest BCUT2D eigenvalue weighted by Crippen LogP contribution is -2.00. The van der Waals surface area contributed by atoms with Gasteiger partial charge in [-0.1, -0.05) is 30.0 Å². The first-order valence-electron chi connectivity index (χ1n) is 5.19. The van der Waals surface area contributed by atoms with Crippen LogP contribution in [0.25, 0.3) is 0 Å². The van der Waals surface area contributed by atoms with Crippen LogP contribution in [0.5, 0.6) is 5.88 Å². The van der Waals surface area contributed by atoms with E-state index < -0.39 is 0 Å². The number of hydrogen-bond donors (Lipinski definition) is 1. The summed E-state index contributed by atoms with van der Waals surface area (Å²) in [4.78, 5) is 1.04. The van der Waals surface area contributed by atoms with Gasteiger partial charge >= 0.3 is 0 Å². The molecule has 1 N–H and O–H groups in total. The molecule has 2 rings (SSSR count). The average Bonchev–Trinajstić information content (AvgIpc) is 2.79. The van der Waals surface area contributed by atoms with Crippen molar-refractivity contribution in [3.8, 4) is 5.88 Å².